The molecule has 1 saturated carbocycles. The number of benzene rings is 2. The van der Waals surface area contributed by atoms with Gasteiger partial charge in [0.2, 0.25) is 0 Å². The van der Waals surface area contributed by atoms with E-state index in [4.69, 9.17) is 0 Å². The number of nitrogens with zero attached hydrogens (tertiary/aromatic N) is 6. The number of fused-ring (bicyclic) bond motifs is 3. The monoisotopic (exact) mass is 634 g/mol. The lowest BCUT2D eigenvalue weighted by molar-refractivity contribution is -0.0217. The van der Waals surface area contributed by atoms with Gasteiger partial charge in [0.15, 0.2) is 0 Å². The van der Waals surface area contributed by atoms with E-state index in [-0.39, 0.29) is 23.3 Å². The maximum atomic E-state index is 13.4. The highest BCUT2D eigenvalue weighted by molar-refractivity contribution is 6.05. The molecule has 0 atom stereocenters. The second-order valence-electron chi connectivity index (χ2n) is 13.3. The Balaban J connectivity index is 0.970. The zero-order chi connectivity index (χ0) is 32.7. The summed E-state index contributed by atoms with van der Waals surface area (Å²) in [5, 5.41) is 10.5. The van der Waals surface area contributed by atoms with Crippen molar-refractivity contribution in [2.45, 2.75) is 57.5 Å². The zero-order valence-electron chi connectivity index (χ0n) is 27.3. The van der Waals surface area contributed by atoms with Gasteiger partial charge < -0.3 is 20.1 Å². The minimum absolute atomic E-state index is 0.00651. The van der Waals surface area contributed by atoms with E-state index in [9.17, 15) is 14.4 Å². The predicted octanol–water partition coefficient (Wildman–Crippen LogP) is 3.91. The summed E-state index contributed by atoms with van der Waals surface area (Å²) < 4.78 is 4.11. The molecule has 2 aromatic carbocycles. The van der Waals surface area contributed by atoms with E-state index >= 15 is 0 Å². The summed E-state index contributed by atoms with van der Waals surface area (Å²) in [6, 6.07) is 19.6. The summed E-state index contributed by atoms with van der Waals surface area (Å²) in [6.45, 7) is 5.19. The third-order valence-electron chi connectivity index (χ3n) is 10.0. The highest BCUT2D eigenvalue weighted by Crippen LogP contribution is 2.49. The molecule has 11 heteroatoms. The van der Waals surface area contributed by atoms with Gasteiger partial charge in [-0.2, -0.15) is 5.10 Å². The van der Waals surface area contributed by atoms with Crippen LogP contribution in [0.15, 0.2) is 66.9 Å². The van der Waals surface area contributed by atoms with E-state index < -0.39 is 0 Å². The molecule has 0 unspecified atom stereocenters. The van der Waals surface area contributed by atoms with Crippen molar-refractivity contribution in [3.63, 3.8) is 0 Å². The van der Waals surface area contributed by atoms with Crippen molar-refractivity contribution in [2.75, 3.05) is 39.5 Å². The fourth-order valence-corrected chi connectivity index (χ4v) is 7.19. The van der Waals surface area contributed by atoms with Crippen molar-refractivity contribution < 1.29 is 14.4 Å². The number of nitrogens with one attached hydrogen (secondary N) is 2. The molecule has 244 valence electrons. The van der Waals surface area contributed by atoms with Gasteiger partial charge in [-0.05, 0) is 73.8 Å². The summed E-state index contributed by atoms with van der Waals surface area (Å²) in [7, 11) is 5.57. The molecule has 3 aliphatic rings. The fraction of sp³-hybridized carbons (Fsp3) is 0.389. The lowest BCUT2D eigenvalue weighted by atomic mass is 9.71. The molecule has 47 heavy (non-hydrogen) atoms. The molecule has 0 radical (unpaired) electrons. The molecular formula is C36H42N8O3. The number of rotatable bonds is 8. The highest BCUT2D eigenvalue weighted by Gasteiger charge is 2.48. The molecular weight excluding hydrogens is 592 g/mol. The molecule has 2 aromatic heterocycles. The van der Waals surface area contributed by atoms with Gasteiger partial charge in [0.25, 0.3) is 17.7 Å². The summed E-state index contributed by atoms with van der Waals surface area (Å²) in [6.07, 6.45) is 4.95. The first kappa shape index (κ1) is 30.9. The fourth-order valence-electron chi connectivity index (χ4n) is 7.19. The molecule has 1 fully saturated rings. The average Bonchev–Trinajstić information content (AvgIpc) is 3.68. The van der Waals surface area contributed by atoms with E-state index in [1.807, 2.05) is 54.2 Å². The first-order chi connectivity index (χ1) is 22.7. The van der Waals surface area contributed by atoms with Crippen molar-refractivity contribution >= 4 is 23.4 Å². The molecule has 4 aromatic rings. The number of carbonyl (C=O) groups is 3. The van der Waals surface area contributed by atoms with Crippen LogP contribution < -0.4 is 10.6 Å². The number of carbonyl (C=O) groups excluding carboxylic acids is 3. The Labute approximate surface area is 275 Å². The molecule has 3 amide bonds. The second kappa shape index (κ2) is 12.5. The lowest BCUT2D eigenvalue weighted by Crippen LogP contribution is -2.56. The van der Waals surface area contributed by atoms with Crippen LogP contribution >= 0.6 is 0 Å². The van der Waals surface area contributed by atoms with Crippen molar-refractivity contribution in [3.05, 3.63) is 106 Å². The van der Waals surface area contributed by atoms with E-state index in [0.29, 0.717) is 35.6 Å². The summed E-state index contributed by atoms with van der Waals surface area (Å²) in [4.78, 5) is 45.0. The minimum Gasteiger partial charge on any atom is -0.347 e. The Kier molecular flexibility index (Phi) is 8.19. The maximum Gasteiger partial charge on any atom is 0.268 e. The van der Waals surface area contributed by atoms with Crippen LogP contribution in [0.4, 0.5) is 5.69 Å². The number of aromatic nitrogens is 3. The van der Waals surface area contributed by atoms with E-state index in [1.54, 1.807) is 25.2 Å². The number of amides is 3. The third kappa shape index (κ3) is 5.85. The predicted molar refractivity (Wildman–Crippen MR) is 179 cm³/mol. The Morgan fingerprint density at radius 1 is 0.872 bits per heavy atom. The van der Waals surface area contributed by atoms with Crippen LogP contribution in [0.25, 0.3) is 0 Å². The van der Waals surface area contributed by atoms with E-state index in [2.05, 4.69) is 48.3 Å². The summed E-state index contributed by atoms with van der Waals surface area (Å²) >= 11 is 0. The van der Waals surface area contributed by atoms with Gasteiger partial charge in [-0.15, -0.1) is 0 Å². The number of likely N-dealkylation sites (N-methyl/N-ethyl adjacent to an activating group) is 1. The van der Waals surface area contributed by atoms with Gasteiger partial charge >= 0.3 is 0 Å². The minimum atomic E-state index is -0.169. The molecule has 11 nitrogen and oxygen atoms in total. The van der Waals surface area contributed by atoms with Crippen molar-refractivity contribution in [3.8, 4) is 0 Å². The Morgan fingerprint density at radius 3 is 2.32 bits per heavy atom. The Bertz CT molecular complexity index is 1800. The number of hydrogen-bond acceptors (Lipinski definition) is 6. The molecule has 0 saturated heterocycles. The van der Waals surface area contributed by atoms with Gasteiger partial charge in [0.05, 0.1) is 29.5 Å². The average molecular weight is 635 g/mol. The first-order valence-electron chi connectivity index (χ1n) is 16.4. The van der Waals surface area contributed by atoms with Crippen LogP contribution in [-0.4, -0.2) is 81.0 Å². The molecule has 2 aliphatic heterocycles. The van der Waals surface area contributed by atoms with Gasteiger partial charge in [-0.25, -0.2) is 0 Å². The Morgan fingerprint density at radius 2 is 1.62 bits per heavy atom. The number of hydrogen-bond donors (Lipinski definition) is 2. The van der Waals surface area contributed by atoms with Gasteiger partial charge in [-0.3, -0.25) is 28.9 Å². The SMILES string of the molecule is CN1CCn2ncc(C(=O)Nc3ccc(CNC(=O)c4ccc5n4CCN(Cc4ccc(C(=O)N(C)C)cc4)C54CCC4)cc3)c2C1. The Hall–Kier alpha value is -4.74. The first-order valence-corrected chi connectivity index (χ1v) is 16.4. The van der Waals surface area contributed by atoms with Crippen molar-refractivity contribution in [2.24, 2.45) is 0 Å². The smallest absolute Gasteiger partial charge is 0.268 e. The van der Waals surface area contributed by atoms with Crippen LogP contribution in [0, 0.1) is 0 Å². The summed E-state index contributed by atoms with van der Waals surface area (Å²) in [5.41, 5.74) is 6.90. The topological polar surface area (TPSA) is 108 Å². The zero-order valence-corrected chi connectivity index (χ0v) is 27.3. The van der Waals surface area contributed by atoms with Crippen LogP contribution in [0.1, 0.15) is 73.0 Å². The van der Waals surface area contributed by atoms with Crippen molar-refractivity contribution in [1.29, 1.82) is 0 Å². The van der Waals surface area contributed by atoms with Crippen LogP contribution in [0.5, 0.6) is 0 Å². The van der Waals surface area contributed by atoms with Crippen LogP contribution in [-0.2, 0) is 38.3 Å². The van der Waals surface area contributed by atoms with Crippen LogP contribution in [0.2, 0.25) is 0 Å². The van der Waals surface area contributed by atoms with Gasteiger partial charge in [0.1, 0.15) is 5.69 Å². The standard InChI is InChI=1S/C36H42N8O3/c1-40(2)35(47)27-9-5-26(6-10-27)23-42-18-19-43-30(13-14-32(43)36(42)15-4-16-36)34(46)37-21-25-7-11-28(12-8-25)39-33(45)29-22-38-44-20-17-41(3)24-31(29)44/h5-14,22H,4,15-21,23-24H2,1-3H3,(H,37,46)(H,39,45). The lowest BCUT2D eigenvalue weighted by Gasteiger charge is -2.53. The van der Waals surface area contributed by atoms with Gasteiger partial charge in [0, 0.05) is 70.3 Å². The van der Waals surface area contributed by atoms with E-state index in [0.717, 1.165) is 63.2 Å². The normalized spacial score (nSPS) is 17.0. The molecule has 0 bridgehead atoms. The second-order valence-corrected chi connectivity index (χ2v) is 13.3. The third-order valence-corrected chi connectivity index (χ3v) is 10.0. The molecule has 1 aliphatic carbocycles. The molecule has 2 N–H and O–H groups in total. The largest absolute Gasteiger partial charge is 0.347 e. The quantitative estimate of drug-likeness (QED) is 0.305. The highest BCUT2D eigenvalue weighted by atomic mass is 16.2. The molecule has 1 spiro atoms. The van der Waals surface area contributed by atoms with E-state index in [1.165, 1.54) is 11.3 Å². The van der Waals surface area contributed by atoms with Crippen molar-refractivity contribution in [1.82, 2.24) is 34.4 Å². The summed E-state index contributed by atoms with van der Waals surface area (Å²) in [5.74, 6) is -0.251. The number of anilines is 1. The van der Waals surface area contributed by atoms with Crippen LogP contribution in [0.3, 0.4) is 0 Å². The maximum absolute atomic E-state index is 13.4. The van der Waals surface area contributed by atoms with Gasteiger partial charge in [-0.1, -0.05) is 24.3 Å². The molecule has 7 rings (SSSR count). The molecule has 4 heterocycles.